The Balaban J connectivity index is 1.78. The molecule has 0 spiro atoms. The monoisotopic (exact) mass is 296 g/mol. The van der Waals surface area contributed by atoms with E-state index in [2.05, 4.69) is 57.3 Å². The summed E-state index contributed by atoms with van der Waals surface area (Å²) in [6.45, 7) is 6.89. The zero-order valence-corrected chi connectivity index (χ0v) is 12.0. The standard InChI is InChI=1S/C14H21BrN2/c1-2-17-9-7-13(8-10-17)16-11-12-5-3-4-6-14(12)15/h3-6,13,16H,2,7-11H2,1H3. The van der Waals surface area contributed by atoms with Crippen LogP contribution in [0.5, 0.6) is 0 Å². The van der Waals surface area contributed by atoms with E-state index in [4.69, 9.17) is 0 Å². The summed E-state index contributed by atoms with van der Waals surface area (Å²) >= 11 is 3.59. The Kier molecular flexibility index (Phi) is 5.01. The molecule has 1 aromatic rings. The summed E-state index contributed by atoms with van der Waals surface area (Å²) in [6.07, 6.45) is 2.55. The SMILES string of the molecule is CCN1CCC(NCc2ccccc2Br)CC1. The number of halogens is 1. The average Bonchev–Trinajstić information content (AvgIpc) is 2.38. The second-order valence-corrected chi connectivity index (χ2v) is 5.54. The van der Waals surface area contributed by atoms with Crippen molar-refractivity contribution in [1.82, 2.24) is 10.2 Å². The molecule has 94 valence electrons. The first-order valence-electron chi connectivity index (χ1n) is 6.48. The predicted octanol–water partition coefficient (Wildman–Crippen LogP) is 3.02. The van der Waals surface area contributed by atoms with E-state index in [1.807, 2.05) is 0 Å². The zero-order valence-electron chi connectivity index (χ0n) is 10.5. The third-order valence-electron chi connectivity index (χ3n) is 3.57. The van der Waals surface area contributed by atoms with Crippen molar-refractivity contribution in [1.29, 1.82) is 0 Å². The van der Waals surface area contributed by atoms with Gasteiger partial charge in [0.25, 0.3) is 0 Å². The molecule has 0 aromatic heterocycles. The maximum absolute atomic E-state index is 3.67. The molecule has 1 N–H and O–H groups in total. The van der Waals surface area contributed by atoms with Gasteiger partial charge in [0.05, 0.1) is 0 Å². The molecule has 0 amide bonds. The second-order valence-electron chi connectivity index (χ2n) is 4.68. The van der Waals surface area contributed by atoms with Crippen LogP contribution in [0.2, 0.25) is 0 Å². The van der Waals surface area contributed by atoms with Crippen molar-refractivity contribution in [3.63, 3.8) is 0 Å². The Hall–Kier alpha value is -0.380. The summed E-state index contributed by atoms with van der Waals surface area (Å²) in [5, 5.41) is 3.67. The smallest absolute Gasteiger partial charge is 0.0220 e. The normalized spacial score (nSPS) is 18.5. The quantitative estimate of drug-likeness (QED) is 0.919. The molecule has 1 aliphatic heterocycles. The summed E-state index contributed by atoms with van der Waals surface area (Å²) in [7, 11) is 0. The van der Waals surface area contributed by atoms with Crippen LogP contribution in [0.3, 0.4) is 0 Å². The van der Waals surface area contributed by atoms with Crippen LogP contribution in [-0.4, -0.2) is 30.6 Å². The molecule has 17 heavy (non-hydrogen) atoms. The van der Waals surface area contributed by atoms with Gasteiger partial charge in [-0.1, -0.05) is 41.1 Å². The number of hydrogen-bond acceptors (Lipinski definition) is 2. The van der Waals surface area contributed by atoms with Crippen LogP contribution in [0, 0.1) is 0 Å². The van der Waals surface area contributed by atoms with E-state index >= 15 is 0 Å². The van der Waals surface area contributed by atoms with E-state index in [0.717, 1.165) is 6.54 Å². The molecule has 3 heteroatoms. The predicted molar refractivity (Wildman–Crippen MR) is 76.1 cm³/mol. The summed E-state index contributed by atoms with van der Waals surface area (Å²) in [5.74, 6) is 0. The number of piperidine rings is 1. The van der Waals surface area contributed by atoms with Gasteiger partial charge < -0.3 is 10.2 Å². The third kappa shape index (κ3) is 3.80. The van der Waals surface area contributed by atoms with E-state index in [1.165, 1.54) is 42.5 Å². The zero-order chi connectivity index (χ0) is 12.1. The Labute approximate surface area is 113 Å². The minimum Gasteiger partial charge on any atom is -0.310 e. The van der Waals surface area contributed by atoms with E-state index in [0.29, 0.717) is 6.04 Å². The van der Waals surface area contributed by atoms with Crippen molar-refractivity contribution in [2.75, 3.05) is 19.6 Å². The number of likely N-dealkylation sites (tertiary alicyclic amines) is 1. The number of nitrogens with one attached hydrogen (secondary N) is 1. The first-order chi connectivity index (χ1) is 8.29. The molecule has 1 aromatic carbocycles. The van der Waals surface area contributed by atoms with Crippen molar-refractivity contribution in [2.24, 2.45) is 0 Å². The first kappa shape index (κ1) is 13.1. The highest BCUT2D eigenvalue weighted by Crippen LogP contribution is 2.17. The number of rotatable bonds is 4. The number of nitrogens with zero attached hydrogens (tertiary/aromatic N) is 1. The topological polar surface area (TPSA) is 15.3 Å². The van der Waals surface area contributed by atoms with Gasteiger partial charge in [0.15, 0.2) is 0 Å². The van der Waals surface area contributed by atoms with Crippen LogP contribution < -0.4 is 5.32 Å². The van der Waals surface area contributed by atoms with E-state index < -0.39 is 0 Å². The molecule has 0 saturated carbocycles. The molecule has 1 aliphatic rings. The molecule has 2 rings (SSSR count). The average molecular weight is 297 g/mol. The van der Waals surface area contributed by atoms with Gasteiger partial charge >= 0.3 is 0 Å². The minimum absolute atomic E-state index is 0.685. The second kappa shape index (κ2) is 6.53. The summed E-state index contributed by atoms with van der Waals surface area (Å²) in [5.41, 5.74) is 1.35. The lowest BCUT2D eigenvalue weighted by atomic mass is 10.0. The number of benzene rings is 1. The van der Waals surface area contributed by atoms with E-state index in [1.54, 1.807) is 0 Å². The highest BCUT2D eigenvalue weighted by atomic mass is 79.9. The van der Waals surface area contributed by atoms with Crippen LogP contribution >= 0.6 is 15.9 Å². The highest BCUT2D eigenvalue weighted by molar-refractivity contribution is 9.10. The molecule has 0 radical (unpaired) electrons. The summed E-state index contributed by atoms with van der Waals surface area (Å²) in [4.78, 5) is 2.52. The minimum atomic E-state index is 0.685. The fourth-order valence-corrected chi connectivity index (χ4v) is 2.77. The maximum Gasteiger partial charge on any atom is 0.0220 e. The maximum atomic E-state index is 3.67. The molecule has 1 fully saturated rings. The first-order valence-corrected chi connectivity index (χ1v) is 7.28. The van der Waals surface area contributed by atoms with Gasteiger partial charge in [-0.15, -0.1) is 0 Å². The molecule has 0 aliphatic carbocycles. The molecule has 1 heterocycles. The van der Waals surface area contributed by atoms with Crippen LogP contribution in [0.4, 0.5) is 0 Å². The van der Waals surface area contributed by atoms with Crippen LogP contribution in [-0.2, 0) is 6.54 Å². The van der Waals surface area contributed by atoms with Crippen molar-refractivity contribution in [3.05, 3.63) is 34.3 Å². The van der Waals surface area contributed by atoms with E-state index in [-0.39, 0.29) is 0 Å². The summed E-state index contributed by atoms with van der Waals surface area (Å²) in [6, 6.07) is 9.13. The third-order valence-corrected chi connectivity index (χ3v) is 4.35. The largest absolute Gasteiger partial charge is 0.310 e. The van der Waals surface area contributed by atoms with Crippen molar-refractivity contribution < 1.29 is 0 Å². The lowest BCUT2D eigenvalue weighted by molar-refractivity contribution is 0.206. The van der Waals surface area contributed by atoms with Crippen molar-refractivity contribution in [2.45, 2.75) is 32.4 Å². The summed E-state index contributed by atoms with van der Waals surface area (Å²) < 4.78 is 1.21. The van der Waals surface area contributed by atoms with Crippen LogP contribution in [0.15, 0.2) is 28.7 Å². The fourth-order valence-electron chi connectivity index (χ4n) is 2.35. The van der Waals surface area contributed by atoms with Gasteiger partial charge in [-0.2, -0.15) is 0 Å². The lowest BCUT2D eigenvalue weighted by Gasteiger charge is -2.31. The molecular weight excluding hydrogens is 276 g/mol. The highest BCUT2D eigenvalue weighted by Gasteiger charge is 2.17. The van der Waals surface area contributed by atoms with Gasteiger partial charge in [0.2, 0.25) is 0 Å². The van der Waals surface area contributed by atoms with E-state index in [9.17, 15) is 0 Å². The van der Waals surface area contributed by atoms with Crippen LogP contribution in [0.1, 0.15) is 25.3 Å². The molecule has 0 bridgehead atoms. The van der Waals surface area contributed by atoms with Gasteiger partial charge in [0, 0.05) is 17.1 Å². The Morgan fingerprint density at radius 1 is 1.29 bits per heavy atom. The molecule has 0 atom stereocenters. The lowest BCUT2D eigenvalue weighted by Crippen LogP contribution is -2.42. The molecule has 1 saturated heterocycles. The number of hydrogen-bond donors (Lipinski definition) is 1. The van der Waals surface area contributed by atoms with Gasteiger partial charge in [-0.25, -0.2) is 0 Å². The van der Waals surface area contributed by atoms with Gasteiger partial charge in [0.1, 0.15) is 0 Å². The van der Waals surface area contributed by atoms with Crippen molar-refractivity contribution >= 4 is 15.9 Å². The van der Waals surface area contributed by atoms with Gasteiger partial charge in [-0.05, 0) is 44.1 Å². The van der Waals surface area contributed by atoms with Gasteiger partial charge in [-0.3, -0.25) is 0 Å². The fraction of sp³-hybridized carbons (Fsp3) is 0.571. The van der Waals surface area contributed by atoms with Crippen LogP contribution in [0.25, 0.3) is 0 Å². The molecular formula is C14H21BrN2. The Morgan fingerprint density at radius 2 is 2.00 bits per heavy atom. The van der Waals surface area contributed by atoms with Crippen molar-refractivity contribution in [3.8, 4) is 0 Å². The molecule has 0 unspecified atom stereocenters. The Bertz CT molecular complexity index is 346. The molecule has 2 nitrogen and oxygen atoms in total. The Morgan fingerprint density at radius 3 is 2.65 bits per heavy atom.